The number of ether oxygens (including phenoxy) is 1. The van der Waals surface area contributed by atoms with E-state index >= 15 is 0 Å². The standard InChI is InChI=1S/C33H47N3O3/c1-5-26(4)29-12-7-8-13-30(29)32(25(2)3)33(38)35-21-22-36(31(37)24-35)27-14-16-28(17-15-27)39-23-11-20-34-18-9-6-10-19-34/h7-8,12-17,26,33,38H,5-6,9-11,18-24H2,1-4H3. The smallest absolute Gasteiger partial charge is 0.241 e. The lowest BCUT2D eigenvalue weighted by Gasteiger charge is -2.38. The molecule has 2 aromatic rings. The van der Waals surface area contributed by atoms with E-state index in [1.165, 1.54) is 37.9 Å². The van der Waals surface area contributed by atoms with E-state index < -0.39 is 6.23 Å². The van der Waals surface area contributed by atoms with Crippen LogP contribution >= 0.6 is 0 Å². The molecule has 0 spiro atoms. The zero-order valence-electron chi connectivity index (χ0n) is 24.4. The normalized spacial score (nSPS) is 18.6. The second kappa shape index (κ2) is 14.1. The number of benzene rings is 2. The van der Waals surface area contributed by atoms with Crippen LogP contribution in [0.25, 0.3) is 5.57 Å². The topological polar surface area (TPSA) is 56.2 Å². The average Bonchev–Trinajstić information content (AvgIpc) is 2.96. The maximum Gasteiger partial charge on any atom is 0.241 e. The number of amides is 1. The largest absolute Gasteiger partial charge is 0.494 e. The summed E-state index contributed by atoms with van der Waals surface area (Å²) in [6.07, 6.45) is 5.23. The highest BCUT2D eigenvalue weighted by molar-refractivity contribution is 5.95. The van der Waals surface area contributed by atoms with Crippen LogP contribution in [0.1, 0.15) is 76.8 Å². The number of allylic oxidation sites excluding steroid dienone is 1. The number of rotatable bonds is 11. The van der Waals surface area contributed by atoms with Crippen molar-refractivity contribution in [3.8, 4) is 5.75 Å². The van der Waals surface area contributed by atoms with Gasteiger partial charge in [-0.2, -0.15) is 0 Å². The first-order valence-corrected chi connectivity index (χ1v) is 14.8. The molecule has 2 saturated heterocycles. The van der Waals surface area contributed by atoms with Crippen LogP contribution in [0.3, 0.4) is 0 Å². The van der Waals surface area contributed by atoms with Crippen molar-refractivity contribution < 1.29 is 14.6 Å². The Morgan fingerprint density at radius 2 is 1.69 bits per heavy atom. The van der Waals surface area contributed by atoms with E-state index in [0.717, 1.165) is 47.5 Å². The lowest BCUT2D eigenvalue weighted by molar-refractivity contribution is -0.123. The molecule has 212 valence electrons. The number of carbonyl (C=O) groups is 1. The van der Waals surface area contributed by atoms with Gasteiger partial charge in [0.15, 0.2) is 0 Å². The molecular formula is C33H47N3O3. The van der Waals surface area contributed by atoms with E-state index in [0.29, 0.717) is 25.6 Å². The van der Waals surface area contributed by atoms with Gasteiger partial charge in [0.05, 0.1) is 13.2 Å². The van der Waals surface area contributed by atoms with Crippen molar-refractivity contribution in [3.05, 3.63) is 65.2 Å². The predicted octanol–water partition coefficient (Wildman–Crippen LogP) is 5.92. The van der Waals surface area contributed by atoms with Crippen molar-refractivity contribution in [3.63, 3.8) is 0 Å². The number of piperidine rings is 1. The number of aliphatic hydroxyl groups excluding tert-OH is 1. The first-order chi connectivity index (χ1) is 18.9. The van der Waals surface area contributed by atoms with Crippen LogP contribution in [0.2, 0.25) is 0 Å². The number of piperazine rings is 1. The minimum Gasteiger partial charge on any atom is -0.494 e. The maximum absolute atomic E-state index is 13.2. The Morgan fingerprint density at radius 3 is 2.36 bits per heavy atom. The molecular weight excluding hydrogens is 486 g/mol. The summed E-state index contributed by atoms with van der Waals surface area (Å²) in [7, 11) is 0. The molecule has 0 aliphatic carbocycles. The van der Waals surface area contributed by atoms with Crippen molar-refractivity contribution in [2.24, 2.45) is 0 Å². The third-order valence-electron chi connectivity index (χ3n) is 8.27. The zero-order chi connectivity index (χ0) is 27.8. The van der Waals surface area contributed by atoms with E-state index in [2.05, 4.69) is 36.9 Å². The molecule has 2 aliphatic heterocycles. The van der Waals surface area contributed by atoms with Crippen LogP contribution in [0.5, 0.6) is 5.75 Å². The lowest BCUT2D eigenvalue weighted by atomic mass is 9.87. The van der Waals surface area contributed by atoms with Gasteiger partial charge in [-0.25, -0.2) is 0 Å². The van der Waals surface area contributed by atoms with Crippen LogP contribution in [0, 0.1) is 0 Å². The molecule has 2 heterocycles. The molecule has 2 atom stereocenters. The van der Waals surface area contributed by atoms with Gasteiger partial charge < -0.3 is 19.6 Å². The summed E-state index contributed by atoms with van der Waals surface area (Å²) in [6, 6.07) is 16.2. The molecule has 1 amide bonds. The first kappa shape index (κ1) is 29.3. The Morgan fingerprint density at radius 1 is 0.974 bits per heavy atom. The van der Waals surface area contributed by atoms with Gasteiger partial charge in [-0.1, -0.05) is 50.1 Å². The fourth-order valence-corrected chi connectivity index (χ4v) is 5.80. The van der Waals surface area contributed by atoms with E-state index in [4.69, 9.17) is 4.74 Å². The van der Waals surface area contributed by atoms with E-state index in [1.54, 1.807) is 0 Å². The highest BCUT2D eigenvalue weighted by atomic mass is 16.5. The fourth-order valence-electron chi connectivity index (χ4n) is 5.80. The molecule has 2 aliphatic rings. The SMILES string of the molecule is CCC(C)c1ccccc1C(=C(C)C)C(O)N1CCN(c2ccc(OCCCN3CCCCC3)cc2)C(=O)C1. The van der Waals surface area contributed by atoms with E-state index in [-0.39, 0.29) is 12.5 Å². The summed E-state index contributed by atoms with van der Waals surface area (Å²) in [5.41, 5.74) is 5.18. The van der Waals surface area contributed by atoms with Crippen molar-refractivity contribution in [1.82, 2.24) is 9.80 Å². The summed E-state index contributed by atoms with van der Waals surface area (Å²) in [5.74, 6) is 1.23. The molecule has 2 fully saturated rings. The van der Waals surface area contributed by atoms with Crippen LogP contribution < -0.4 is 9.64 Å². The second-order valence-corrected chi connectivity index (χ2v) is 11.3. The highest BCUT2D eigenvalue weighted by Gasteiger charge is 2.32. The molecule has 2 unspecified atom stereocenters. The Hall–Kier alpha value is -2.67. The van der Waals surface area contributed by atoms with E-state index in [9.17, 15) is 9.90 Å². The minimum absolute atomic E-state index is 0.00109. The number of likely N-dealkylation sites (tertiary alicyclic amines) is 1. The molecule has 2 aromatic carbocycles. The number of carbonyl (C=O) groups excluding carboxylic acids is 1. The lowest BCUT2D eigenvalue weighted by Crippen LogP contribution is -2.54. The van der Waals surface area contributed by atoms with Gasteiger partial charge >= 0.3 is 0 Å². The Balaban J connectivity index is 1.34. The molecule has 39 heavy (non-hydrogen) atoms. The second-order valence-electron chi connectivity index (χ2n) is 11.3. The minimum atomic E-state index is -0.827. The number of hydrogen-bond acceptors (Lipinski definition) is 5. The van der Waals surface area contributed by atoms with Gasteiger partial charge in [-0.15, -0.1) is 0 Å². The molecule has 1 N–H and O–H groups in total. The summed E-state index contributed by atoms with van der Waals surface area (Å²) >= 11 is 0. The van der Waals surface area contributed by atoms with E-state index in [1.807, 2.05) is 54.0 Å². The van der Waals surface area contributed by atoms with Gasteiger partial charge in [0.2, 0.25) is 5.91 Å². The molecule has 0 saturated carbocycles. The monoisotopic (exact) mass is 533 g/mol. The van der Waals surface area contributed by atoms with Crippen LogP contribution in [0.15, 0.2) is 54.1 Å². The number of nitrogens with zero attached hydrogens (tertiary/aromatic N) is 3. The zero-order valence-corrected chi connectivity index (χ0v) is 24.4. The maximum atomic E-state index is 13.2. The molecule has 6 heteroatoms. The molecule has 0 bridgehead atoms. The van der Waals surface area contributed by atoms with Crippen molar-refractivity contribution in [1.29, 1.82) is 0 Å². The number of aliphatic hydroxyl groups is 1. The first-order valence-electron chi connectivity index (χ1n) is 14.8. The highest BCUT2D eigenvalue weighted by Crippen LogP contribution is 2.33. The van der Waals surface area contributed by atoms with Gasteiger partial charge in [0, 0.05) is 30.9 Å². The number of hydrogen-bond donors (Lipinski definition) is 1. The summed E-state index contributed by atoms with van der Waals surface area (Å²) in [6.45, 7) is 14.1. The van der Waals surface area contributed by atoms with Crippen molar-refractivity contribution in [2.45, 2.75) is 71.9 Å². The average molecular weight is 534 g/mol. The molecule has 6 nitrogen and oxygen atoms in total. The van der Waals surface area contributed by atoms with Crippen molar-refractivity contribution in [2.75, 3.05) is 50.8 Å². The molecule has 0 radical (unpaired) electrons. The van der Waals surface area contributed by atoms with Crippen molar-refractivity contribution >= 4 is 17.2 Å². The summed E-state index contributed by atoms with van der Waals surface area (Å²) in [5, 5.41) is 11.5. The van der Waals surface area contributed by atoms with Crippen LogP contribution in [-0.2, 0) is 4.79 Å². The predicted molar refractivity (Wildman–Crippen MR) is 160 cm³/mol. The quantitative estimate of drug-likeness (QED) is 0.364. The third-order valence-corrected chi connectivity index (χ3v) is 8.27. The fraction of sp³-hybridized carbons (Fsp3) is 0.545. The van der Waals surface area contributed by atoms with Gasteiger partial charge in [0.1, 0.15) is 12.0 Å². The number of anilines is 1. The Labute approximate surface area is 235 Å². The molecule has 0 aromatic heterocycles. The molecule has 4 rings (SSSR count). The third kappa shape index (κ3) is 7.50. The summed E-state index contributed by atoms with van der Waals surface area (Å²) < 4.78 is 5.96. The van der Waals surface area contributed by atoms with Crippen LogP contribution in [-0.4, -0.2) is 72.9 Å². The Kier molecular flexibility index (Phi) is 10.6. The Bertz CT molecular complexity index is 1100. The van der Waals surface area contributed by atoms with Gasteiger partial charge in [-0.3, -0.25) is 9.69 Å². The van der Waals surface area contributed by atoms with Gasteiger partial charge in [0.25, 0.3) is 0 Å². The summed E-state index contributed by atoms with van der Waals surface area (Å²) in [4.78, 5) is 19.5. The van der Waals surface area contributed by atoms with Crippen LogP contribution in [0.4, 0.5) is 5.69 Å². The van der Waals surface area contributed by atoms with Gasteiger partial charge in [-0.05, 0) is 93.9 Å².